The van der Waals surface area contributed by atoms with Gasteiger partial charge in [0.2, 0.25) is 0 Å². The van der Waals surface area contributed by atoms with Crippen LogP contribution < -0.4 is 5.32 Å². The number of nitrogens with one attached hydrogen (secondary N) is 1. The van der Waals surface area contributed by atoms with Gasteiger partial charge >= 0.3 is 0 Å². The number of hydrogen-bond donors (Lipinski definition) is 1. The highest BCUT2D eigenvalue weighted by Crippen LogP contribution is 2.15. The fourth-order valence-electron chi connectivity index (χ4n) is 2.62. The Bertz CT molecular complexity index is 917. The minimum Gasteiger partial charge on any atom is -0.350 e. The number of hydrogen-bond acceptors (Lipinski definition) is 4. The van der Waals surface area contributed by atoms with Crippen molar-refractivity contribution in [3.05, 3.63) is 70.0 Å². The number of aromatic nitrogens is 2. The molecule has 2 aromatic carbocycles. The van der Waals surface area contributed by atoms with Crippen LogP contribution in [-0.4, -0.2) is 26.9 Å². The fourth-order valence-corrected chi connectivity index (χ4v) is 2.62. The predicted molar refractivity (Wildman–Crippen MR) is 89.9 cm³/mol. The zero-order valence-corrected chi connectivity index (χ0v) is 13.1. The van der Waals surface area contributed by atoms with Crippen molar-refractivity contribution in [2.24, 2.45) is 0 Å². The van der Waals surface area contributed by atoms with Gasteiger partial charge in [0, 0.05) is 30.8 Å². The maximum atomic E-state index is 12.1. The second-order valence-corrected chi connectivity index (χ2v) is 5.36. The molecule has 0 aliphatic carbocycles. The van der Waals surface area contributed by atoms with Crippen molar-refractivity contribution < 1.29 is 9.72 Å². The Morgan fingerprint density at radius 3 is 2.83 bits per heavy atom. The Balaban J connectivity index is 1.67. The second kappa shape index (κ2) is 6.49. The minimum atomic E-state index is -0.516. The van der Waals surface area contributed by atoms with Gasteiger partial charge in [-0.3, -0.25) is 14.9 Å². The summed E-state index contributed by atoms with van der Waals surface area (Å²) in [7, 11) is 0. The molecule has 122 valence electrons. The number of rotatable bonds is 5. The van der Waals surface area contributed by atoms with Gasteiger partial charge in [-0.1, -0.05) is 18.2 Å². The summed E-state index contributed by atoms with van der Waals surface area (Å²) < 4.78 is 2.03. The minimum absolute atomic E-state index is 0.0981. The van der Waals surface area contributed by atoms with Crippen LogP contribution in [0.1, 0.15) is 16.2 Å². The van der Waals surface area contributed by atoms with Crippen LogP contribution in [0, 0.1) is 17.0 Å². The van der Waals surface area contributed by atoms with Crippen LogP contribution in [0.4, 0.5) is 5.69 Å². The van der Waals surface area contributed by atoms with E-state index < -0.39 is 4.92 Å². The van der Waals surface area contributed by atoms with Crippen LogP contribution in [0.3, 0.4) is 0 Å². The molecule has 0 bridgehead atoms. The molecule has 0 unspecified atom stereocenters. The third-order valence-electron chi connectivity index (χ3n) is 3.79. The number of nitrogens with zero attached hydrogens (tertiary/aromatic N) is 3. The summed E-state index contributed by atoms with van der Waals surface area (Å²) in [6, 6.07) is 13.5. The zero-order valence-electron chi connectivity index (χ0n) is 13.1. The number of carbonyl (C=O) groups excluding carboxylic acids is 1. The van der Waals surface area contributed by atoms with Crippen LogP contribution in [-0.2, 0) is 6.54 Å². The first kappa shape index (κ1) is 15.7. The van der Waals surface area contributed by atoms with Crippen molar-refractivity contribution in [2.45, 2.75) is 13.5 Å². The van der Waals surface area contributed by atoms with Gasteiger partial charge in [-0.25, -0.2) is 4.98 Å². The van der Waals surface area contributed by atoms with Crippen molar-refractivity contribution in [1.82, 2.24) is 14.9 Å². The monoisotopic (exact) mass is 324 g/mol. The summed E-state index contributed by atoms with van der Waals surface area (Å²) in [5.41, 5.74) is 2.11. The van der Waals surface area contributed by atoms with E-state index in [0.29, 0.717) is 13.1 Å². The molecule has 0 radical (unpaired) electrons. The molecule has 0 aliphatic heterocycles. The number of imidazole rings is 1. The first-order valence-electron chi connectivity index (χ1n) is 7.51. The predicted octanol–water partition coefficient (Wildman–Crippen LogP) is 2.68. The summed E-state index contributed by atoms with van der Waals surface area (Å²) in [4.78, 5) is 26.9. The summed E-state index contributed by atoms with van der Waals surface area (Å²) in [6.45, 7) is 2.90. The lowest BCUT2D eigenvalue weighted by Crippen LogP contribution is -2.27. The zero-order chi connectivity index (χ0) is 17.1. The van der Waals surface area contributed by atoms with Crippen LogP contribution in [0.15, 0.2) is 48.5 Å². The first-order valence-corrected chi connectivity index (χ1v) is 7.51. The molecule has 1 heterocycles. The summed E-state index contributed by atoms with van der Waals surface area (Å²) >= 11 is 0. The average molecular weight is 324 g/mol. The molecule has 0 saturated heterocycles. The van der Waals surface area contributed by atoms with Gasteiger partial charge < -0.3 is 9.88 Å². The van der Waals surface area contributed by atoms with Crippen molar-refractivity contribution in [3.8, 4) is 0 Å². The Hall–Kier alpha value is -3.22. The van der Waals surface area contributed by atoms with E-state index in [-0.39, 0.29) is 17.2 Å². The lowest BCUT2D eigenvalue weighted by molar-refractivity contribution is -0.384. The van der Waals surface area contributed by atoms with E-state index in [9.17, 15) is 14.9 Å². The fraction of sp³-hybridized carbons (Fsp3) is 0.176. The van der Waals surface area contributed by atoms with E-state index in [1.54, 1.807) is 6.07 Å². The molecule has 0 spiro atoms. The van der Waals surface area contributed by atoms with Crippen LogP contribution in [0.25, 0.3) is 11.0 Å². The molecule has 1 amide bonds. The van der Waals surface area contributed by atoms with Crippen molar-refractivity contribution >= 4 is 22.6 Å². The summed E-state index contributed by atoms with van der Waals surface area (Å²) in [5, 5.41) is 13.6. The molecule has 0 atom stereocenters. The standard InChI is InChI=1S/C17H16N4O3/c1-12-19-15-7-2-3-8-16(15)20(12)10-9-18-17(22)13-5-4-6-14(11-13)21(23)24/h2-8,11H,9-10H2,1H3,(H,18,22). The lowest BCUT2D eigenvalue weighted by Gasteiger charge is -2.08. The first-order chi connectivity index (χ1) is 11.6. The number of aryl methyl sites for hydroxylation is 1. The number of benzene rings is 2. The topological polar surface area (TPSA) is 90.1 Å². The smallest absolute Gasteiger partial charge is 0.270 e. The van der Waals surface area contributed by atoms with Gasteiger partial charge in [-0.2, -0.15) is 0 Å². The molecule has 0 fully saturated rings. The molecular weight excluding hydrogens is 308 g/mol. The van der Waals surface area contributed by atoms with E-state index in [1.807, 2.05) is 35.8 Å². The van der Waals surface area contributed by atoms with E-state index >= 15 is 0 Å². The number of non-ortho nitro benzene ring substituents is 1. The number of fused-ring (bicyclic) bond motifs is 1. The highest BCUT2D eigenvalue weighted by atomic mass is 16.6. The molecule has 1 aromatic heterocycles. The van der Waals surface area contributed by atoms with Crippen LogP contribution in [0.5, 0.6) is 0 Å². The molecule has 3 rings (SSSR count). The largest absolute Gasteiger partial charge is 0.350 e. The van der Waals surface area contributed by atoms with Crippen LogP contribution in [0.2, 0.25) is 0 Å². The number of nitro benzene ring substituents is 1. The van der Waals surface area contributed by atoms with E-state index in [0.717, 1.165) is 16.9 Å². The van der Waals surface area contributed by atoms with Gasteiger partial charge in [-0.15, -0.1) is 0 Å². The molecule has 7 nitrogen and oxygen atoms in total. The van der Waals surface area contributed by atoms with Crippen LogP contribution >= 0.6 is 0 Å². The normalized spacial score (nSPS) is 10.7. The molecule has 0 saturated carbocycles. The van der Waals surface area contributed by atoms with E-state index in [1.165, 1.54) is 18.2 Å². The third kappa shape index (κ3) is 3.10. The number of amides is 1. The Morgan fingerprint density at radius 1 is 1.25 bits per heavy atom. The molecule has 1 N–H and O–H groups in total. The Labute approximate surface area is 138 Å². The molecule has 3 aromatic rings. The number of para-hydroxylation sites is 2. The number of nitro groups is 1. The maximum absolute atomic E-state index is 12.1. The van der Waals surface area contributed by atoms with E-state index in [4.69, 9.17) is 0 Å². The highest BCUT2D eigenvalue weighted by Gasteiger charge is 2.12. The number of carbonyl (C=O) groups is 1. The van der Waals surface area contributed by atoms with Gasteiger partial charge in [0.25, 0.3) is 11.6 Å². The molecule has 7 heteroatoms. The van der Waals surface area contributed by atoms with Crippen molar-refractivity contribution in [3.63, 3.8) is 0 Å². The Morgan fingerprint density at radius 2 is 2.04 bits per heavy atom. The SMILES string of the molecule is Cc1nc2ccccc2n1CCNC(=O)c1cccc([N+](=O)[O-])c1. The lowest BCUT2D eigenvalue weighted by atomic mass is 10.2. The highest BCUT2D eigenvalue weighted by molar-refractivity contribution is 5.94. The average Bonchev–Trinajstić information content (AvgIpc) is 2.90. The van der Waals surface area contributed by atoms with Gasteiger partial charge in [-0.05, 0) is 25.1 Å². The Kier molecular flexibility index (Phi) is 4.24. The summed E-state index contributed by atoms with van der Waals surface area (Å²) in [5.74, 6) is 0.543. The van der Waals surface area contributed by atoms with Crippen molar-refractivity contribution in [1.29, 1.82) is 0 Å². The van der Waals surface area contributed by atoms with Gasteiger partial charge in [0.1, 0.15) is 5.82 Å². The van der Waals surface area contributed by atoms with Crippen molar-refractivity contribution in [2.75, 3.05) is 6.54 Å². The molecule has 0 aliphatic rings. The molecular formula is C17H16N4O3. The van der Waals surface area contributed by atoms with Gasteiger partial charge in [0.05, 0.1) is 16.0 Å². The second-order valence-electron chi connectivity index (χ2n) is 5.36. The summed E-state index contributed by atoms with van der Waals surface area (Å²) in [6.07, 6.45) is 0. The molecule has 24 heavy (non-hydrogen) atoms. The third-order valence-corrected chi connectivity index (χ3v) is 3.79. The maximum Gasteiger partial charge on any atom is 0.270 e. The quantitative estimate of drug-likeness (QED) is 0.577. The van der Waals surface area contributed by atoms with E-state index in [2.05, 4.69) is 10.3 Å². The van der Waals surface area contributed by atoms with Gasteiger partial charge in [0.15, 0.2) is 0 Å².